The van der Waals surface area contributed by atoms with Gasteiger partial charge in [0, 0.05) is 12.1 Å². The van der Waals surface area contributed by atoms with E-state index in [1.54, 1.807) is 0 Å². The fourth-order valence-electron chi connectivity index (χ4n) is 3.62. The van der Waals surface area contributed by atoms with E-state index in [-0.39, 0.29) is 11.3 Å². The lowest BCUT2D eigenvalue weighted by atomic mass is 9.83. The Balaban J connectivity index is 2.04. The zero-order chi connectivity index (χ0) is 17.9. The summed E-state index contributed by atoms with van der Waals surface area (Å²) in [7, 11) is 0. The van der Waals surface area contributed by atoms with Crippen molar-refractivity contribution in [3.63, 3.8) is 0 Å². The van der Waals surface area contributed by atoms with Gasteiger partial charge in [-0.15, -0.1) is 0 Å². The van der Waals surface area contributed by atoms with Crippen molar-refractivity contribution >= 4 is 5.97 Å². The summed E-state index contributed by atoms with van der Waals surface area (Å²) < 4.78 is 0. The zero-order valence-electron chi connectivity index (χ0n) is 15.8. The molecule has 1 unspecified atom stereocenters. The SMILES string of the molecule is CC(C)C(NC1CCC(C(=O)O)CC1)c1ccc(C(C)(C)C)cc1. The molecule has 0 saturated heterocycles. The smallest absolute Gasteiger partial charge is 0.306 e. The maximum atomic E-state index is 11.1. The molecule has 1 atom stereocenters. The average molecular weight is 332 g/mol. The summed E-state index contributed by atoms with van der Waals surface area (Å²) in [5.41, 5.74) is 2.86. The minimum absolute atomic E-state index is 0.147. The van der Waals surface area contributed by atoms with Crippen LogP contribution in [0.3, 0.4) is 0 Å². The molecule has 0 aromatic heterocycles. The van der Waals surface area contributed by atoms with Crippen molar-refractivity contribution in [2.75, 3.05) is 0 Å². The van der Waals surface area contributed by atoms with Crippen LogP contribution in [0.4, 0.5) is 0 Å². The number of nitrogens with one attached hydrogen (secondary N) is 1. The molecule has 1 aromatic carbocycles. The molecular weight excluding hydrogens is 298 g/mol. The fraction of sp³-hybridized carbons (Fsp3) is 0.667. The van der Waals surface area contributed by atoms with Crippen LogP contribution in [0.1, 0.15) is 77.5 Å². The van der Waals surface area contributed by atoms with E-state index in [2.05, 4.69) is 64.2 Å². The van der Waals surface area contributed by atoms with Crippen LogP contribution in [0.15, 0.2) is 24.3 Å². The Morgan fingerprint density at radius 1 is 1.08 bits per heavy atom. The summed E-state index contributed by atoms with van der Waals surface area (Å²) in [6.45, 7) is 11.2. The molecule has 0 aliphatic heterocycles. The summed E-state index contributed by atoms with van der Waals surface area (Å²) >= 11 is 0. The van der Waals surface area contributed by atoms with Gasteiger partial charge in [-0.2, -0.15) is 0 Å². The number of hydrogen-bond acceptors (Lipinski definition) is 2. The molecule has 1 fully saturated rings. The number of carboxylic acids is 1. The van der Waals surface area contributed by atoms with Crippen LogP contribution in [0.25, 0.3) is 0 Å². The van der Waals surface area contributed by atoms with Gasteiger partial charge in [-0.05, 0) is 48.1 Å². The second-order valence-electron chi connectivity index (χ2n) is 8.65. The summed E-state index contributed by atoms with van der Waals surface area (Å²) in [4.78, 5) is 11.1. The molecule has 134 valence electrons. The largest absolute Gasteiger partial charge is 0.481 e. The topological polar surface area (TPSA) is 49.3 Å². The van der Waals surface area contributed by atoms with E-state index in [1.165, 1.54) is 11.1 Å². The molecule has 0 amide bonds. The second-order valence-corrected chi connectivity index (χ2v) is 8.65. The van der Waals surface area contributed by atoms with Gasteiger partial charge in [0.1, 0.15) is 0 Å². The van der Waals surface area contributed by atoms with Crippen molar-refractivity contribution in [3.8, 4) is 0 Å². The fourth-order valence-corrected chi connectivity index (χ4v) is 3.62. The van der Waals surface area contributed by atoms with E-state index in [0.29, 0.717) is 18.0 Å². The second kappa shape index (κ2) is 7.69. The molecule has 3 nitrogen and oxygen atoms in total. The highest BCUT2D eigenvalue weighted by atomic mass is 16.4. The molecule has 2 rings (SSSR count). The van der Waals surface area contributed by atoms with Gasteiger partial charge in [0.15, 0.2) is 0 Å². The average Bonchev–Trinajstić information content (AvgIpc) is 2.52. The van der Waals surface area contributed by atoms with Crippen LogP contribution < -0.4 is 5.32 Å². The summed E-state index contributed by atoms with van der Waals surface area (Å²) in [6.07, 6.45) is 3.50. The minimum Gasteiger partial charge on any atom is -0.481 e. The van der Waals surface area contributed by atoms with Crippen LogP contribution in [-0.4, -0.2) is 17.1 Å². The van der Waals surface area contributed by atoms with Crippen molar-refractivity contribution in [3.05, 3.63) is 35.4 Å². The van der Waals surface area contributed by atoms with E-state index < -0.39 is 5.97 Å². The maximum absolute atomic E-state index is 11.1. The van der Waals surface area contributed by atoms with Crippen LogP contribution in [0, 0.1) is 11.8 Å². The molecule has 0 radical (unpaired) electrons. The number of aliphatic carboxylic acids is 1. The monoisotopic (exact) mass is 331 g/mol. The molecular formula is C21H33NO2. The first-order chi connectivity index (χ1) is 11.2. The quantitative estimate of drug-likeness (QED) is 0.805. The van der Waals surface area contributed by atoms with Crippen molar-refractivity contribution in [1.82, 2.24) is 5.32 Å². The van der Waals surface area contributed by atoms with Gasteiger partial charge in [-0.3, -0.25) is 4.79 Å². The third-order valence-electron chi connectivity index (χ3n) is 5.29. The van der Waals surface area contributed by atoms with Gasteiger partial charge >= 0.3 is 5.97 Å². The number of carbonyl (C=O) groups is 1. The highest BCUT2D eigenvalue weighted by Gasteiger charge is 2.28. The van der Waals surface area contributed by atoms with Gasteiger partial charge < -0.3 is 10.4 Å². The summed E-state index contributed by atoms with van der Waals surface area (Å²) in [5, 5.41) is 12.9. The summed E-state index contributed by atoms with van der Waals surface area (Å²) in [6, 6.07) is 9.74. The van der Waals surface area contributed by atoms with Gasteiger partial charge in [-0.25, -0.2) is 0 Å². The highest BCUT2D eigenvalue weighted by Crippen LogP contribution is 2.30. The molecule has 1 aromatic rings. The lowest BCUT2D eigenvalue weighted by Gasteiger charge is -2.33. The van der Waals surface area contributed by atoms with Crippen LogP contribution in [0.2, 0.25) is 0 Å². The molecule has 3 heteroatoms. The first-order valence-corrected chi connectivity index (χ1v) is 9.27. The third-order valence-corrected chi connectivity index (χ3v) is 5.29. The van der Waals surface area contributed by atoms with E-state index >= 15 is 0 Å². The number of rotatable bonds is 5. The molecule has 1 aliphatic rings. The molecule has 2 N–H and O–H groups in total. The first-order valence-electron chi connectivity index (χ1n) is 9.27. The van der Waals surface area contributed by atoms with Crippen LogP contribution in [0.5, 0.6) is 0 Å². The highest BCUT2D eigenvalue weighted by molar-refractivity contribution is 5.70. The van der Waals surface area contributed by atoms with E-state index in [0.717, 1.165) is 25.7 Å². The van der Waals surface area contributed by atoms with Crippen LogP contribution in [-0.2, 0) is 10.2 Å². The Labute approximate surface area is 146 Å². The van der Waals surface area contributed by atoms with Crippen molar-refractivity contribution in [1.29, 1.82) is 0 Å². The molecule has 24 heavy (non-hydrogen) atoms. The zero-order valence-corrected chi connectivity index (χ0v) is 15.8. The van der Waals surface area contributed by atoms with E-state index in [4.69, 9.17) is 5.11 Å². The standard InChI is InChI=1S/C21H33NO2/c1-14(2)19(15-6-10-17(11-7-15)21(3,4)5)22-18-12-8-16(9-13-18)20(23)24/h6-7,10-11,14,16,18-19,22H,8-9,12-13H2,1-5H3,(H,23,24). The van der Waals surface area contributed by atoms with E-state index in [1.807, 2.05) is 0 Å². The molecule has 0 heterocycles. The minimum atomic E-state index is -0.633. The van der Waals surface area contributed by atoms with Gasteiger partial charge in [0.25, 0.3) is 0 Å². The van der Waals surface area contributed by atoms with Crippen molar-refractivity contribution in [2.24, 2.45) is 11.8 Å². The van der Waals surface area contributed by atoms with Crippen molar-refractivity contribution in [2.45, 2.75) is 77.8 Å². The lowest BCUT2D eigenvalue weighted by Crippen LogP contribution is -2.39. The number of benzene rings is 1. The Morgan fingerprint density at radius 3 is 2.04 bits per heavy atom. The van der Waals surface area contributed by atoms with E-state index in [9.17, 15) is 4.79 Å². The van der Waals surface area contributed by atoms with Gasteiger partial charge in [-0.1, -0.05) is 58.9 Å². The normalized spacial score (nSPS) is 23.2. The predicted octanol–water partition coefficient (Wildman–Crippen LogP) is 4.91. The Hall–Kier alpha value is -1.35. The third kappa shape index (κ3) is 4.83. The molecule has 1 aliphatic carbocycles. The van der Waals surface area contributed by atoms with Crippen molar-refractivity contribution < 1.29 is 9.90 Å². The number of carboxylic acid groups (broad SMARTS) is 1. The lowest BCUT2D eigenvalue weighted by molar-refractivity contribution is -0.142. The summed E-state index contributed by atoms with van der Waals surface area (Å²) in [5.74, 6) is -0.277. The van der Waals surface area contributed by atoms with Gasteiger partial charge in [0.05, 0.1) is 5.92 Å². The number of hydrogen-bond donors (Lipinski definition) is 2. The Morgan fingerprint density at radius 2 is 1.62 bits per heavy atom. The Kier molecular flexibility index (Phi) is 6.08. The molecule has 1 saturated carbocycles. The Bertz CT molecular complexity index is 534. The predicted molar refractivity (Wildman–Crippen MR) is 99.2 cm³/mol. The molecule has 0 spiro atoms. The maximum Gasteiger partial charge on any atom is 0.306 e. The first kappa shape index (κ1) is 19.0. The molecule has 0 bridgehead atoms. The van der Waals surface area contributed by atoms with Crippen LogP contribution >= 0.6 is 0 Å². The van der Waals surface area contributed by atoms with Gasteiger partial charge in [0.2, 0.25) is 0 Å².